The van der Waals surface area contributed by atoms with Crippen molar-refractivity contribution in [3.05, 3.63) is 130 Å². The normalized spacial score (nSPS) is 25.5. The third-order valence-corrected chi connectivity index (χ3v) is 19.7. The molecule has 6 aliphatic rings. The molecule has 5 amide bonds. The number of ether oxygens (including phenoxy) is 5. The van der Waals surface area contributed by atoms with E-state index in [1.54, 1.807) is 34.1 Å². The summed E-state index contributed by atoms with van der Waals surface area (Å²) < 4.78 is 58.0. The number of hydrogen-bond donors (Lipinski definition) is 2. The quantitative estimate of drug-likeness (QED) is 0.0818. The summed E-state index contributed by atoms with van der Waals surface area (Å²) in [5.41, 5.74) is 3.20. The first-order valence-electron chi connectivity index (χ1n) is 34.1. The van der Waals surface area contributed by atoms with Gasteiger partial charge in [-0.05, 0) is 166 Å². The van der Waals surface area contributed by atoms with Crippen LogP contribution in [0.3, 0.4) is 0 Å². The van der Waals surface area contributed by atoms with Gasteiger partial charge in [-0.1, -0.05) is 48.5 Å². The number of nitrogens with one attached hydrogen (secondary N) is 2. The lowest BCUT2D eigenvalue weighted by atomic mass is 9.82. The van der Waals surface area contributed by atoms with Gasteiger partial charge in [0.2, 0.25) is 17.7 Å². The van der Waals surface area contributed by atoms with Crippen molar-refractivity contribution < 1.29 is 56.4 Å². The highest BCUT2D eigenvalue weighted by atomic mass is 19.1. The van der Waals surface area contributed by atoms with E-state index in [0.29, 0.717) is 103 Å². The smallest absolute Gasteiger partial charge is 0.410 e. The first-order chi connectivity index (χ1) is 45.0. The molecule has 518 valence electrons. The van der Waals surface area contributed by atoms with Crippen LogP contribution in [0.1, 0.15) is 116 Å². The molecule has 2 unspecified atom stereocenters. The summed E-state index contributed by atoms with van der Waals surface area (Å²) in [5, 5.41) is 6.30. The maximum absolute atomic E-state index is 15.2. The van der Waals surface area contributed by atoms with Gasteiger partial charge in [-0.15, -0.1) is 0 Å². The molecule has 0 aliphatic carbocycles. The Bertz CT molecular complexity index is 3350. The number of hydrogen-bond acceptors (Lipinski definition) is 15. The second-order valence-electron chi connectivity index (χ2n) is 29.7. The van der Waals surface area contributed by atoms with Gasteiger partial charge >= 0.3 is 12.2 Å². The van der Waals surface area contributed by atoms with Crippen molar-refractivity contribution in [2.45, 2.75) is 154 Å². The van der Waals surface area contributed by atoms with Crippen LogP contribution >= 0.6 is 0 Å². The van der Waals surface area contributed by atoms with Crippen molar-refractivity contribution in [3.63, 3.8) is 0 Å². The summed E-state index contributed by atoms with van der Waals surface area (Å²) >= 11 is 0. The molecule has 0 spiro atoms. The lowest BCUT2D eigenvalue weighted by Crippen LogP contribution is -2.64. The van der Waals surface area contributed by atoms with Crippen LogP contribution in [0.2, 0.25) is 0 Å². The van der Waals surface area contributed by atoms with Crippen molar-refractivity contribution >= 4 is 41.3 Å². The average molecular weight is 1320 g/mol. The summed E-state index contributed by atoms with van der Waals surface area (Å²) in [6, 6.07) is 24.6. The van der Waals surface area contributed by atoms with Crippen LogP contribution in [0.25, 0.3) is 0 Å². The number of nitrogens with zero attached hydrogens (tertiary/aromatic N) is 8. The van der Waals surface area contributed by atoms with Crippen LogP contribution < -0.4 is 20.4 Å². The number of carbonyl (C=O) groups is 5. The molecule has 4 saturated heterocycles. The lowest BCUT2D eigenvalue weighted by molar-refractivity contribution is -0.127. The third-order valence-electron chi connectivity index (χ3n) is 19.7. The Morgan fingerprint density at radius 3 is 1.48 bits per heavy atom. The molecule has 95 heavy (non-hydrogen) atoms. The van der Waals surface area contributed by atoms with E-state index in [4.69, 9.17) is 23.7 Å². The SMILES string of the molecule is C[C@@H]1COCCN1C[C@H]1CN(C(=O)OC(C)(C)C)[C@H](C)CN1CCOCN1CC(C)(C(=O)NCCNC(=O)C2(C)CN(C(=O)CN3C[C@@H](C)N(C(=O)OC(C)(C)C)C[C@@H]3CN3CCOC[C@H]3C)c3cc(Cc4ccc(F)cc4)ccc32)c2ccc(Cc3ccc(F)cc3)cc21. The predicted molar refractivity (Wildman–Crippen MR) is 362 cm³/mol. The van der Waals surface area contributed by atoms with E-state index in [2.05, 4.69) is 62.0 Å². The highest BCUT2D eigenvalue weighted by Gasteiger charge is 2.49. The second kappa shape index (κ2) is 29.9. The molecule has 10 rings (SSSR count). The van der Waals surface area contributed by atoms with Gasteiger partial charge in [0.05, 0.1) is 50.4 Å². The second-order valence-corrected chi connectivity index (χ2v) is 29.7. The van der Waals surface area contributed by atoms with Crippen molar-refractivity contribution in [3.8, 4) is 0 Å². The standard InChI is InChI=1S/C73H102F2N10O10/c1-49-37-80(59(39-78-27-30-91-44-51(78)3)41-83(49)68(89)94-70(5,6)7)29-32-93-48-82-46-72(11,61-23-17-55(35-63(61)82)33-53-13-19-57(74)20-14-53)66(87)76-25-26-77-67(88)73(12)47-85(64-36-56(18-24-62(64)73)34-54-15-21-58(75)22-16-54)65(86)43-81-38-50(2)84(69(90)95-71(8,9)10)42-60(81)40-79-28-31-92-45-52(79)4/h13-24,35-36,49-52,59-60H,25-34,37-48H2,1-12H3,(H,76,87)(H,77,88)/t49-,50-,51-,52-,59+,60+,72?,73?/m1/s1. The van der Waals surface area contributed by atoms with Crippen LogP contribution in [0.15, 0.2) is 84.9 Å². The summed E-state index contributed by atoms with van der Waals surface area (Å²) in [6.45, 7) is 32.5. The van der Waals surface area contributed by atoms with E-state index >= 15 is 4.79 Å². The summed E-state index contributed by atoms with van der Waals surface area (Å²) in [5.74, 6) is -1.35. The first kappa shape index (κ1) is 71.0. The van der Waals surface area contributed by atoms with Gasteiger partial charge in [0, 0.05) is 133 Å². The Morgan fingerprint density at radius 1 is 0.558 bits per heavy atom. The largest absolute Gasteiger partial charge is 0.444 e. The molecule has 0 radical (unpaired) electrons. The van der Waals surface area contributed by atoms with E-state index in [-0.39, 0.29) is 105 Å². The fourth-order valence-electron chi connectivity index (χ4n) is 14.4. The molecule has 0 bridgehead atoms. The maximum Gasteiger partial charge on any atom is 0.410 e. The van der Waals surface area contributed by atoms with E-state index in [1.807, 2.05) is 97.5 Å². The molecule has 0 saturated carbocycles. The number of amides is 5. The molecule has 4 fully saturated rings. The number of piperazine rings is 2. The van der Waals surface area contributed by atoms with Gasteiger partial charge in [0.15, 0.2) is 0 Å². The molecule has 4 aromatic rings. The predicted octanol–water partition coefficient (Wildman–Crippen LogP) is 7.80. The zero-order chi connectivity index (χ0) is 68.1. The molecule has 8 atom stereocenters. The Balaban J connectivity index is 0.820. The number of halogens is 2. The van der Waals surface area contributed by atoms with Gasteiger partial charge in [0.25, 0.3) is 0 Å². The van der Waals surface area contributed by atoms with Gasteiger partial charge in [-0.2, -0.15) is 0 Å². The Labute approximate surface area is 560 Å². The van der Waals surface area contributed by atoms with Crippen LogP contribution in [-0.4, -0.2) is 238 Å². The molecule has 6 aliphatic heterocycles. The Hall–Kier alpha value is -6.79. The van der Waals surface area contributed by atoms with Crippen LogP contribution in [0, 0.1) is 11.6 Å². The number of benzene rings is 4. The molecule has 2 N–H and O–H groups in total. The highest BCUT2D eigenvalue weighted by Crippen LogP contribution is 2.44. The van der Waals surface area contributed by atoms with Crippen molar-refractivity contribution in [1.82, 2.24) is 40.0 Å². The molecule has 6 heterocycles. The summed E-state index contributed by atoms with van der Waals surface area (Å²) in [7, 11) is 0. The molecule has 22 heteroatoms. The van der Waals surface area contributed by atoms with Crippen LogP contribution in [-0.2, 0) is 61.7 Å². The molecule has 0 aromatic heterocycles. The Kier molecular flexibility index (Phi) is 22.4. The number of rotatable bonds is 20. The van der Waals surface area contributed by atoms with Gasteiger partial charge < -0.3 is 53.9 Å². The minimum absolute atomic E-state index is 0.0237. The number of fused-ring (bicyclic) bond motifs is 2. The molecule has 4 aromatic carbocycles. The molecule has 20 nitrogen and oxygen atoms in total. The first-order valence-corrected chi connectivity index (χ1v) is 34.1. The zero-order valence-corrected chi connectivity index (χ0v) is 58.0. The highest BCUT2D eigenvalue weighted by molar-refractivity contribution is 6.03. The van der Waals surface area contributed by atoms with Crippen molar-refractivity contribution in [2.75, 3.05) is 141 Å². The van der Waals surface area contributed by atoms with Crippen LogP contribution in [0.5, 0.6) is 0 Å². The maximum atomic E-state index is 15.2. The topological polar surface area (TPSA) is 181 Å². The van der Waals surface area contributed by atoms with Crippen LogP contribution in [0.4, 0.5) is 29.7 Å². The minimum atomic E-state index is -1.19. The monoisotopic (exact) mass is 1320 g/mol. The summed E-state index contributed by atoms with van der Waals surface area (Å²) in [4.78, 5) is 89.0. The van der Waals surface area contributed by atoms with E-state index in [9.17, 15) is 28.0 Å². The van der Waals surface area contributed by atoms with Crippen molar-refractivity contribution in [1.29, 1.82) is 0 Å². The fraction of sp³-hybridized carbons (Fsp3) is 0.603. The van der Waals surface area contributed by atoms with Gasteiger partial charge in [0.1, 0.15) is 29.6 Å². The number of morpholine rings is 2. The Morgan fingerprint density at radius 2 is 1.00 bits per heavy atom. The van der Waals surface area contributed by atoms with Gasteiger partial charge in [-0.3, -0.25) is 34.0 Å². The zero-order valence-electron chi connectivity index (χ0n) is 58.0. The van der Waals surface area contributed by atoms with Crippen molar-refractivity contribution in [2.24, 2.45) is 0 Å². The lowest BCUT2D eigenvalue weighted by Gasteiger charge is -2.47. The minimum Gasteiger partial charge on any atom is -0.444 e. The van der Waals surface area contributed by atoms with E-state index in [1.165, 1.54) is 24.3 Å². The van der Waals surface area contributed by atoms with E-state index in [0.717, 1.165) is 53.1 Å². The number of carbonyl (C=O) groups excluding carboxylic acids is 5. The summed E-state index contributed by atoms with van der Waals surface area (Å²) in [6.07, 6.45) is 0.319. The third kappa shape index (κ3) is 17.3. The molecular weight excluding hydrogens is 1210 g/mol. The molecular formula is C73H102F2N10O10. The van der Waals surface area contributed by atoms with E-state index < -0.39 is 28.1 Å². The number of anilines is 2. The fourth-order valence-corrected chi connectivity index (χ4v) is 14.4. The van der Waals surface area contributed by atoms with Gasteiger partial charge in [-0.25, -0.2) is 18.4 Å². The average Bonchev–Trinajstić information content (AvgIpc) is 1.61.